The summed E-state index contributed by atoms with van der Waals surface area (Å²) in [4.78, 5) is 11.4. The maximum atomic E-state index is 11.4. The van der Waals surface area contributed by atoms with Crippen molar-refractivity contribution >= 4 is 5.97 Å². The second kappa shape index (κ2) is 6.11. The van der Waals surface area contributed by atoms with Crippen molar-refractivity contribution in [2.75, 3.05) is 6.54 Å². The number of carbonyl (C=O) groups is 1. The predicted molar refractivity (Wildman–Crippen MR) is 99.5 cm³/mol. The molecule has 0 saturated heterocycles. The number of esters is 1. The zero-order valence-corrected chi connectivity index (χ0v) is 15.3. The smallest absolute Gasteiger partial charge is 0.325 e. The number of hydrogen-bond acceptors (Lipinski definition) is 4. The Morgan fingerprint density at radius 2 is 2.19 bits per heavy atom. The molecule has 2 saturated carbocycles. The minimum Gasteiger partial charge on any atom is -0.426 e. The molecule has 4 heteroatoms. The summed E-state index contributed by atoms with van der Waals surface area (Å²) in [5.41, 5.74) is 6.87. The van der Waals surface area contributed by atoms with Crippen LogP contribution in [0.15, 0.2) is 18.2 Å². The van der Waals surface area contributed by atoms with Crippen LogP contribution in [0.2, 0.25) is 0 Å². The van der Waals surface area contributed by atoms with Gasteiger partial charge in [-0.05, 0) is 79.5 Å². The number of carbonyl (C=O) groups excluding carboxylic acids is 1. The summed E-state index contributed by atoms with van der Waals surface area (Å²) in [7, 11) is 0. The molecule has 2 fully saturated rings. The van der Waals surface area contributed by atoms with Gasteiger partial charge in [0.2, 0.25) is 0 Å². The molecule has 1 aromatic carbocycles. The number of benzene rings is 1. The summed E-state index contributed by atoms with van der Waals surface area (Å²) in [6.07, 6.45) is 11.5. The fourth-order valence-electron chi connectivity index (χ4n) is 6.05. The lowest BCUT2D eigenvalue weighted by molar-refractivity contribution is -0.132. The summed E-state index contributed by atoms with van der Waals surface area (Å²) in [5, 5.41) is 11.0. The molecule has 0 amide bonds. The first-order chi connectivity index (χ1) is 12.4. The van der Waals surface area contributed by atoms with Gasteiger partial charge >= 0.3 is 5.97 Å². The van der Waals surface area contributed by atoms with E-state index < -0.39 is 11.6 Å². The van der Waals surface area contributed by atoms with Gasteiger partial charge in [0.1, 0.15) is 11.4 Å². The zero-order chi connectivity index (χ0) is 18.5. The van der Waals surface area contributed by atoms with E-state index in [4.69, 9.17) is 16.9 Å². The second-order valence-corrected chi connectivity index (χ2v) is 8.45. The SMILES string of the molecule is C#C[C@]1(O)CCC2C3CCc4cc(OC(=O)CN)ccc4C3CC[C@@]21C. The van der Waals surface area contributed by atoms with E-state index in [1.54, 1.807) is 0 Å². The molecular formula is C22H27NO3. The Morgan fingerprint density at radius 3 is 2.92 bits per heavy atom. The Kier molecular flexibility index (Phi) is 4.13. The summed E-state index contributed by atoms with van der Waals surface area (Å²) >= 11 is 0. The molecule has 0 spiro atoms. The normalized spacial score (nSPS) is 37.8. The number of rotatable bonds is 2. The van der Waals surface area contributed by atoms with Crippen molar-refractivity contribution < 1.29 is 14.6 Å². The van der Waals surface area contributed by atoms with Crippen LogP contribution in [0.1, 0.15) is 56.1 Å². The van der Waals surface area contributed by atoms with Crippen molar-refractivity contribution in [3.63, 3.8) is 0 Å². The van der Waals surface area contributed by atoms with Crippen LogP contribution >= 0.6 is 0 Å². The van der Waals surface area contributed by atoms with Crippen molar-refractivity contribution in [1.82, 2.24) is 0 Å². The first kappa shape index (κ1) is 17.6. The molecule has 138 valence electrons. The molecule has 0 aromatic heterocycles. The van der Waals surface area contributed by atoms with E-state index in [1.165, 1.54) is 11.1 Å². The lowest BCUT2D eigenvalue weighted by Crippen LogP contribution is -2.50. The monoisotopic (exact) mass is 353 g/mol. The Hall–Kier alpha value is -1.83. The molecule has 5 atom stereocenters. The van der Waals surface area contributed by atoms with Crippen molar-refractivity contribution in [1.29, 1.82) is 0 Å². The van der Waals surface area contributed by atoms with Gasteiger partial charge in [-0.15, -0.1) is 6.42 Å². The van der Waals surface area contributed by atoms with Crippen LogP contribution < -0.4 is 10.5 Å². The lowest BCUT2D eigenvalue weighted by atomic mass is 9.53. The lowest BCUT2D eigenvalue weighted by Gasteiger charge is -2.52. The topological polar surface area (TPSA) is 72.5 Å². The number of aryl methyl sites for hydroxylation is 1. The van der Waals surface area contributed by atoms with Crippen LogP contribution in [-0.4, -0.2) is 23.2 Å². The number of nitrogens with two attached hydrogens (primary N) is 1. The molecule has 4 nitrogen and oxygen atoms in total. The minimum absolute atomic E-state index is 0.111. The Bertz CT molecular complexity index is 782. The summed E-state index contributed by atoms with van der Waals surface area (Å²) < 4.78 is 5.27. The Morgan fingerprint density at radius 1 is 1.38 bits per heavy atom. The molecule has 3 unspecified atom stereocenters. The average molecular weight is 353 g/mol. The highest BCUT2D eigenvalue weighted by atomic mass is 16.5. The Balaban J connectivity index is 1.62. The van der Waals surface area contributed by atoms with Crippen LogP contribution in [0.3, 0.4) is 0 Å². The van der Waals surface area contributed by atoms with E-state index in [0.29, 0.717) is 29.9 Å². The number of fused-ring (bicyclic) bond motifs is 5. The first-order valence-electron chi connectivity index (χ1n) is 9.65. The highest BCUT2D eigenvalue weighted by molar-refractivity contribution is 5.74. The average Bonchev–Trinajstić information content (AvgIpc) is 2.93. The predicted octanol–water partition coefficient (Wildman–Crippen LogP) is 2.77. The van der Waals surface area contributed by atoms with Gasteiger partial charge in [0.15, 0.2) is 0 Å². The number of aliphatic hydroxyl groups is 1. The van der Waals surface area contributed by atoms with E-state index in [9.17, 15) is 9.90 Å². The number of terminal acetylenes is 1. The van der Waals surface area contributed by atoms with Gasteiger partial charge in [0.05, 0.1) is 6.54 Å². The van der Waals surface area contributed by atoms with Gasteiger partial charge in [-0.3, -0.25) is 4.79 Å². The Labute approximate surface area is 155 Å². The third-order valence-electron chi connectivity index (χ3n) is 7.49. The maximum absolute atomic E-state index is 11.4. The van der Waals surface area contributed by atoms with Crippen molar-refractivity contribution in [3.8, 4) is 18.1 Å². The summed E-state index contributed by atoms with van der Waals surface area (Å²) in [5.74, 6) is 4.45. The van der Waals surface area contributed by atoms with Crippen molar-refractivity contribution in [2.24, 2.45) is 23.0 Å². The molecule has 0 bridgehead atoms. The molecule has 26 heavy (non-hydrogen) atoms. The summed E-state index contributed by atoms with van der Waals surface area (Å²) in [6.45, 7) is 2.09. The van der Waals surface area contributed by atoms with Crippen LogP contribution in [0.5, 0.6) is 5.75 Å². The molecular weight excluding hydrogens is 326 g/mol. The van der Waals surface area contributed by atoms with Crippen molar-refractivity contribution in [2.45, 2.75) is 57.0 Å². The summed E-state index contributed by atoms with van der Waals surface area (Å²) in [6, 6.07) is 6.00. The van der Waals surface area contributed by atoms with E-state index in [2.05, 4.69) is 18.9 Å². The third-order valence-corrected chi connectivity index (χ3v) is 7.49. The molecule has 1 aromatic rings. The fourth-order valence-corrected chi connectivity index (χ4v) is 6.05. The van der Waals surface area contributed by atoms with Crippen LogP contribution in [0.25, 0.3) is 0 Å². The quantitative estimate of drug-likeness (QED) is 0.487. The van der Waals surface area contributed by atoms with Gasteiger partial charge in [0, 0.05) is 5.41 Å². The number of ether oxygens (including phenoxy) is 1. The van der Waals surface area contributed by atoms with Gasteiger partial charge in [-0.2, -0.15) is 0 Å². The zero-order valence-electron chi connectivity index (χ0n) is 15.3. The van der Waals surface area contributed by atoms with Gasteiger partial charge in [0.25, 0.3) is 0 Å². The van der Waals surface area contributed by atoms with E-state index in [0.717, 1.165) is 32.1 Å². The van der Waals surface area contributed by atoms with Crippen molar-refractivity contribution in [3.05, 3.63) is 29.3 Å². The standard InChI is InChI=1S/C22H27NO3/c1-3-22(25)11-9-19-18-6-4-14-12-15(26-20(24)13-23)5-7-16(14)17(18)8-10-21(19,22)2/h1,5,7,12,17-19,25H,4,6,8-11,13,23H2,2H3/t17?,18?,19?,21-,22-/m0/s1. The van der Waals surface area contributed by atoms with Gasteiger partial charge < -0.3 is 15.6 Å². The fraction of sp³-hybridized carbons (Fsp3) is 0.591. The highest BCUT2D eigenvalue weighted by Gasteiger charge is 2.61. The second-order valence-electron chi connectivity index (χ2n) is 8.45. The molecule has 4 rings (SSSR count). The van der Waals surface area contributed by atoms with Gasteiger partial charge in [-0.1, -0.05) is 18.9 Å². The van der Waals surface area contributed by atoms with Gasteiger partial charge in [-0.25, -0.2) is 0 Å². The maximum Gasteiger partial charge on any atom is 0.325 e. The molecule has 0 heterocycles. The largest absolute Gasteiger partial charge is 0.426 e. The minimum atomic E-state index is -0.955. The molecule has 3 aliphatic rings. The first-order valence-corrected chi connectivity index (χ1v) is 9.65. The highest BCUT2D eigenvalue weighted by Crippen LogP contribution is 2.64. The van der Waals surface area contributed by atoms with Crippen LogP contribution in [0, 0.1) is 29.6 Å². The molecule has 0 aliphatic heterocycles. The third kappa shape index (κ3) is 2.41. The van der Waals surface area contributed by atoms with E-state index >= 15 is 0 Å². The van der Waals surface area contributed by atoms with E-state index in [-0.39, 0.29) is 12.0 Å². The number of hydrogen-bond donors (Lipinski definition) is 2. The molecule has 3 N–H and O–H groups in total. The van der Waals surface area contributed by atoms with Crippen LogP contribution in [0.4, 0.5) is 0 Å². The van der Waals surface area contributed by atoms with E-state index in [1.807, 2.05) is 12.1 Å². The molecule has 3 aliphatic carbocycles. The molecule has 0 radical (unpaired) electrons. The van der Waals surface area contributed by atoms with Crippen LogP contribution in [-0.2, 0) is 11.2 Å².